The fourth-order valence-corrected chi connectivity index (χ4v) is 2.56. The lowest BCUT2D eigenvalue weighted by molar-refractivity contribution is -0.125. The van der Waals surface area contributed by atoms with E-state index in [0.29, 0.717) is 25.2 Å². The van der Waals surface area contributed by atoms with Crippen LogP contribution in [0.3, 0.4) is 0 Å². The SMILES string of the molecule is C=CCCC(C(=O)NC)N(C)C(=O)c1ccc(O)cc1C=O.NC1CCC1. The molecule has 7 nitrogen and oxygen atoms in total. The number of aromatic hydroxyl groups is 1. The van der Waals surface area contributed by atoms with Crippen molar-refractivity contribution in [2.45, 2.75) is 44.2 Å². The summed E-state index contributed by atoms with van der Waals surface area (Å²) in [6.45, 7) is 3.61. The maximum atomic E-state index is 12.5. The van der Waals surface area contributed by atoms with Crippen LogP contribution in [0, 0.1) is 0 Å². The minimum absolute atomic E-state index is 0.0798. The van der Waals surface area contributed by atoms with Crippen LogP contribution >= 0.6 is 0 Å². The molecule has 1 saturated carbocycles. The number of nitrogens with zero attached hydrogens (tertiary/aromatic N) is 1. The van der Waals surface area contributed by atoms with E-state index in [4.69, 9.17) is 5.73 Å². The summed E-state index contributed by atoms with van der Waals surface area (Å²) >= 11 is 0. The molecule has 4 N–H and O–H groups in total. The summed E-state index contributed by atoms with van der Waals surface area (Å²) in [7, 11) is 3.01. The van der Waals surface area contributed by atoms with Gasteiger partial charge in [-0.15, -0.1) is 6.58 Å². The Morgan fingerprint density at radius 1 is 1.44 bits per heavy atom. The van der Waals surface area contributed by atoms with E-state index in [9.17, 15) is 19.5 Å². The second-order valence-electron chi connectivity index (χ2n) is 6.49. The molecule has 1 aliphatic rings. The zero-order valence-corrected chi connectivity index (χ0v) is 16.0. The molecule has 1 aromatic rings. The fraction of sp³-hybridized carbons (Fsp3) is 0.450. The van der Waals surface area contributed by atoms with Crippen LogP contribution < -0.4 is 11.1 Å². The standard InChI is InChI=1S/C16H20N2O4.C4H9N/c1-4-5-6-14(15(21)17-2)18(3)16(22)13-8-7-12(20)9-11(13)10-19;5-4-2-1-3-4/h4,7-10,14,20H,1,5-6H2,2-3H3,(H,17,21);4H,1-3,5H2. The third-order valence-corrected chi connectivity index (χ3v) is 4.52. The maximum Gasteiger partial charge on any atom is 0.255 e. The molecule has 0 saturated heterocycles. The minimum Gasteiger partial charge on any atom is -0.508 e. The van der Waals surface area contributed by atoms with Gasteiger partial charge in [-0.3, -0.25) is 14.4 Å². The normalized spacial score (nSPS) is 14.0. The first-order valence-corrected chi connectivity index (χ1v) is 8.99. The topological polar surface area (TPSA) is 113 Å². The lowest BCUT2D eigenvalue weighted by atomic mass is 9.95. The lowest BCUT2D eigenvalue weighted by Gasteiger charge is -2.27. The number of nitrogens with one attached hydrogen (secondary N) is 1. The second kappa shape index (κ2) is 11.1. The van der Waals surface area contributed by atoms with Crippen molar-refractivity contribution >= 4 is 18.1 Å². The predicted molar refractivity (Wildman–Crippen MR) is 105 cm³/mol. The van der Waals surface area contributed by atoms with Crippen molar-refractivity contribution in [3.8, 4) is 5.75 Å². The number of allylic oxidation sites excluding steroid dienone is 1. The highest BCUT2D eigenvalue weighted by molar-refractivity contribution is 6.03. The summed E-state index contributed by atoms with van der Waals surface area (Å²) in [6.07, 6.45) is 7.07. The van der Waals surface area contributed by atoms with Gasteiger partial charge in [-0.2, -0.15) is 0 Å². The Morgan fingerprint density at radius 2 is 2.07 bits per heavy atom. The first-order valence-electron chi connectivity index (χ1n) is 8.99. The number of phenolic OH excluding ortho intramolecular Hbond substituents is 1. The van der Waals surface area contributed by atoms with Gasteiger partial charge in [0.2, 0.25) is 5.91 Å². The third kappa shape index (κ3) is 6.53. The molecular weight excluding hydrogens is 346 g/mol. The zero-order chi connectivity index (χ0) is 20.4. The third-order valence-electron chi connectivity index (χ3n) is 4.52. The number of aldehydes is 1. The molecule has 27 heavy (non-hydrogen) atoms. The van der Waals surface area contributed by atoms with Gasteiger partial charge in [0.25, 0.3) is 5.91 Å². The molecule has 0 heterocycles. The number of hydrogen-bond donors (Lipinski definition) is 3. The highest BCUT2D eigenvalue weighted by Gasteiger charge is 2.27. The summed E-state index contributed by atoms with van der Waals surface area (Å²) in [4.78, 5) is 36.9. The average Bonchev–Trinajstić information content (AvgIpc) is 2.65. The number of likely N-dealkylation sites (N-methyl/N-ethyl adjacent to an activating group) is 2. The van der Waals surface area contributed by atoms with Crippen LogP contribution in [0.2, 0.25) is 0 Å². The summed E-state index contributed by atoms with van der Waals surface area (Å²) in [5.74, 6) is -0.847. The number of carbonyl (C=O) groups excluding carboxylic acids is 3. The van der Waals surface area contributed by atoms with E-state index in [-0.39, 0.29) is 22.8 Å². The minimum atomic E-state index is -0.663. The highest BCUT2D eigenvalue weighted by Crippen LogP contribution is 2.18. The largest absolute Gasteiger partial charge is 0.508 e. The molecule has 0 aromatic heterocycles. The van der Waals surface area contributed by atoms with E-state index in [1.165, 1.54) is 56.5 Å². The van der Waals surface area contributed by atoms with Crippen molar-refractivity contribution in [1.82, 2.24) is 10.2 Å². The number of benzene rings is 1. The van der Waals surface area contributed by atoms with Crippen LogP contribution in [0.5, 0.6) is 5.75 Å². The van der Waals surface area contributed by atoms with Gasteiger partial charge in [0.1, 0.15) is 11.8 Å². The van der Waals surface area contributed by atoms with E-state index in [2.05, 4.69) is 11.9 Å². The Hall–Kier alpha value is -2.67. The van der Waals surface area contributed by atoms with Crippen molar-refractivity contribution < 1.29 is 19.5 Å². The van der Waals surface area contributed by atoms with Gasteiger partial charge in [-0.1, -0.05) is 12.5 Å². The second-order valence-corrected chi connectivity index (χ2v) is 6.49. The van der Waals surface area contributed by atoms with Gasteiger partial charge in [0.05, 0.1) is 5.56 Å². The van der Waals surface area contributed by atoms with Gasteiger partial charge < -0.3 is 21.1 Å². The Balaban J connectivity index is 0.000000625. The molecule has 0 radical (unpaired) electrons. The lowest BCUT2D eigenvalue weighted by Crippen LogP contribution is -2.46. The summed E-state index contributed by atoms with van der Waals surface area (Å²) < 4.78 is 0. The number of amides is 2. The van der Waals surface area contributed by atoms with Crippen molar-refractivity contribution in [3.05, 3.63) is 42.0 Å². The van der Waals surface area contributed by atoms with Crippen LogP contribution in [0.25, 0.3) is 0 Å². The van der Waals surface area contributed by atoms with Crippen LogP contribution in [-0.4, -0.2) is 54.3 Å². The molecule has 0 spiro atoms. The quantitative estimate of drug-likeness (QED) is 0.497. The van der Waals surface area contributed by atoms with Crippen LogP contribution in [0.15, 0.2) is 30.9 Å². The van der Waals surface area contributed by atoms with E-state index >= 15 is 0 Å². The Kier molecular flexibility index (Phi) is 9.22. The molecule has 2 amide bonds. The van der Waals surface area contributed by atoms with Crippen molar-refractivity contribution in [3.63, 3.8) is 0 Å². The molecule has 2 rings (SSSR count). The molecule has 0 aliphatic heterocycles. The molecule has 1 atom stereocenters. The van der Waals surface area contributed by atoms with Crippen LogP contribution in [-0.2, 0) is 4.79 Å². The number of nitrogens with two attached hydrogens (primary N) is 1. The molecule has 0 bridgehead atoms. The Labute approximate surface area is 160 Å². The summed E-state index contributed by atoms with van der Waals surface area (Å²) in [5.41, 5.74) is 5.60. The summed E-state index contributed by atoms with van der Waals surface area (Å²) in [5, 5.41) is 11.9. The zero-order valence-electron chi connectivity index (χ0n) is 16.0. The number of hydrogen-bond acceptors (Lipinski definition) is 5. The van der Waals surface area contributed by atoms with Gasteiger partial charge in [0.15, 0.2) is 6.29 Å². The van der Waals surface area contributed by atoms with Gasteiger partial charge in [-0.25, -0.2) is 0 Å². The van der Waals surface area contributed by atoms with Crippen molar-refractivity contribution in [1.29, 1.82) is 0 Å². The number of rotatable bonds is 7. The molecule has 1 fully saturated rings. The molecule has 148 valence electrons. The Bertz CT molecular complexity index is 671. The van der Waals surface area contributed by atoms with Crippen molar-refractivity contribution in [2.75, 3.05) is 14.1 Å². The van der Waals surface area contributed by atoms with Gasteiger partial charge in [0, 0.05) is 25.7 Å². The molecule has 7 heteroatoms. The smallest absolute Gasteiger partial charge is 0.255 e. The maximum absolute atomic E-state index is 12.5. The van der Waals surface area contributed by atoms with E-state index in [0.717, 1.165) is 0 Å². The molecule has 1 aromatic carbocycles. The predicted octanol–water partition coefficient (Wildman–Crippen LogP) is 1.86. The summed E-state index contributed by atoms with van der Waals surface area (Å²) in [6, 6.07) is 3.81. The first kappa shape index (κ1) is 22.4. The first-order chi connectivity index (χ1) is 12.8. The fourth-order valence-electron chi connectivity index (χ4n) is 2.56. The Morgan fingerprint density at radius 3 is 2.52 bits per heavy atom. The molecular formula is C20H29N3O4. The van der Waals surface area contributed by atoms with Crippen molar-refractivity contribution in [2.24, 2.45) is 5.73 Å². The average molecular weight is 375 g/mol. The van der Waals surface area contributed by atoms with Gasteiger partial charge in [-0.05, 0) is 43.9 Å². The highest BCUT2D eigenvalue weighted by atomic mass is 16.3. The van der Waals surface area contributed by atoms with Gasteiger partial charge >= 0.3 is 0 Å². The van der Waals surface area contributed by atoms with E-state index in [1.54, 1.807) is 6.08 Å². The molecule has 1 aliphatic carbocycles. The molecule has 1 unspecified atom stereocenters. The van der Waals surface area contributed by atoms with E-state index < -0.39 is 11.9 Å². The number of phenols is 1. The number of carbonyl (C=O) groups is 3. The van der Waals surface area contributed by atoms with E-state index in [1.807, 2.05) is 0 Å². The van der Waals surface area contributed by atoms with Crippen LogP contribution in [0.1, 0.15) is 52.8 Å². The monoisotopic (exact) mass is 375 g/mol. The van der Waals surface area contributed by atoms with Crippen LogP contribution in [0.4, 0.5) is 0 Å².